The maximum atomic E-state index is 7.23. The van der Waals surface area contributed by atoms with Gasteiger partial charge in [0.25, 0.3) is 0 Å². The molecule has 0 amide bonds. The van der Waals surface area contributed by atoms with E-state index >= 15 is 0 Å². The summed E-state index contributed by atoms with van der Waals surface area (Å²) >= 11 is 0. The van der Waals surface area contributed by atoms with Crippen LogP contribution < -0.4 is 38.4 Å². The fourth-order valence-electron chi connectivity index (χ4n) is 9.82. The normalized spacial score (nSPS) is 16.2. The fourth-order valence-corrected chi connectivity index (χ4v) is 12.0. The number of benzene rings is 7. The molecule has 0 saturated carbocycles. The minimum atomic E-state index is -2.58. The van der Waals surface area contributed by atoms with Crippen molar-refractivity contribution in [2.45, 2.75) is 91.7 Å². The van der Waals surface area contributed by atoms with E-state index in [-0.39, 0.29) is 17.8 Å². The van der Waals surface area contributed by atoms with Gasteiger partial charge in [-0.15, -0.1) is 0 Å². The third-order valence-electron chi connectivity index (χ3n) is 13.3. The summed E-state index contributed by atoms with van der Waals surface area (Å²) in [5.41, 5.74) is 14.8. The zero-order valence-corrected chi connectivity index (χ0v) is 39.7. The van der Waals surface area contributed by atoms with Crippen molar-refractivity contribution in [3.8, 4) is 56.8 Å². The van der Waals surface area contributed by atoms with E-state index in [2.05, 4.69) is 176 Å². The molecule has 0 bridgehead atoms. The van der Waals surface area contributed by atoms with Gasteiger partial charge >= 0.3 is 22.8 Å². The number of rotatable bonds is 12. The summed E-state index contributed by atoms with van der Waals surface area (Å²) in [4.78, 5) is 0. The van der Waals surface area contributed by atoms with Crippen molar-refractivity contribution in [1.82, 2.24) is 0 Å². The van der Waals surface area contributed by atoms with E-state index in [9.17, 15) is 0 Å². The average Bonchev–Trinajstić information content (AvgIpc) is 4.04. The van der Waals surface area contributed by atoms with Gasteiger partial charge in [-0.25, -0.2) is 0 Å². The molecule has 3 aliphatic rings. The third-order valence-corrected chi connectivity index (χ3v) is 15.8. The number of fused-ring (bicyclic) bond motifs is 3. The Morgan fingerprint density at radius 3 is 1.71 bits per heavy atom. The molecule has 2 unspecified atom stereocenters. The number of hydrogen-bond acceptors (Lipinski definition) is 6. The van der Waals surface area contributed by atoms with Gasteiger partial charge in [-0.3, -0.25) is 0 Å². The van der Waals surface area contributed by atoms with Crippen LogP contribution in [0.5, 0.6) is 34.5 Å². The van der Waals surface area contributed by atoms with Crippen LogP contribution in [0.25, 0.3) is 22.3 Å². The van der Waals surface area contributed by atoms with Crippen LogP contribution in [-0.4, -0.2) is 22.8 Å². The molecule has 0 N–H and O–H groups in total. The first-order chi connectivity index (χ1) is 31.4. The maximum Gasteiger partial charge on any atom is 0.634 e. The number of aryl methyl sites for hydroxylation is 3. The monoisotopic (exact) mass is 874 g/mol. The second kappa shape index (κ2) is 17.2. The molecule has 326 valence electrons. The summed E-state index contributed by atoms with van der Waals surface area (Å²) in [5, 5.41) is 0. The molecule has 3 heterocycles. The van der Waals surface area contributed by atoms with Crippen molar-refractivity contribution in [3.05, 3.63) is 178 Å². The first kappa shape index (κ1) is 42.6. The van der Waals surface area contributed by atoms with Crippen LogP contribution in [0.2, 0.25) is 12.6 Å². The van der Waals surface area contributed by atoms with E-state index in [0.29, 0.717) is 0 Å². The Morgan fingerprint density at radius 1 is 0.508 bits per heavy atom. The second-order valence-electron chi connectivity index (χ2n) is 18.9. The van der Waals surface area contributed by atoms with E-state index in [1.165, 1.54) is 16.7 Å². The lowest BCUT2D eigenvalue weighted by Gasteiger charge is -2.24. The Kier molecular flexibility index (Phi) is 11.3. The van der Waals surface area contributed by atoms with Crippen LogP contribution in [0.4, 0.5) is 0 Å². The van der Waals surface area contributed by atoms with Crippen LogP contribution in [0.15, 0.2) is 140 Å². The third kappa shape index (κ3) is 8.20. The first-order valence-corrected chi connectivity index (χ1v) is 25.8. The highest BCUT2D eigenvalue weighted by Crippen LogP contribution is 2.46. The van der Waals surface area contributed by atoms with E-state index < -0.39 is 22.8 Å². The molecule has 0 radical (unpaired) electrons. The van der Waals surface area contributed by atoms with Gasteiger partial charge in [-0.05, 0) is 124 Å². The van der Waals surface area contributed by atoms with Gasteiger partial charge in [0.1, 0.15) is 34.5 Å². The number of para-hydroxylation sites is 1. The van der Waals surface area contributed by atoms with Gasteiger partial charge in [0.2, 0.25) is 0 Å². The molecule has 0 fully saturated rings. The molecular weight excluding hydrogens is 818 g/mol. The lowest BCUT2D eigenvalue weighted by Crippen LogP contribution is -2.44. The molecule has 6 nitrogen and oxygen atoms in total. The predicted molar refractivity (Wildman–Crippen MR) is 268 cm³/mol. The summed E-state index contributed by atoms with van der Waals surface area (Å²) < 4.78 is 40.8. The Balaban J connectivity index is 1.02. The zero-order valence-electron chi connectivity index (χ0n) is 38.7. The number of hydrogen-bond donors (Lipinski definition) is 0. The summed E-state index contributed by atoms with van der Waals surface area (Å²) in [7, 11) is -3.75. The molecular formula is C56H56B2O6Si. The van der Waals surface area contributed by atoms with Gasteiger partial charge in [-0.2, -0.15) is 0 Å². The van der Waals surface area contributed by atoms with Gasteiger partial charge in [-0.1, -0.05) is 156 Å². The lowest BCUT2D eigenvalue weighted by molar-refractivity contribution is 0.458. The SMILES string of the molecule is Cc1ccc2c(c1)O[Si](C)(CCc1ccc(CC(C)c3cc(C(C)C)c(B4Oc5cccc(C)c5O4)c(C(C)C)c3)c3c1OB(c1c(-c4ccccc4)cccc1-c1ccccc1)O3)O2. The standard InChI is InChI=1S/C56H56B2O6Si/c1-35(2)47-33-44(34-48(36(3)4)53(47)57-59-50-24-15-17-38(6)54(50)60-57)39(7)32-43-27-26-42(29-30-65(8)63-49-28-25-37(5)31-51(49)64-65)55-56(43)62-58(61-55)52-45(40-18-11-9-12-19-40)22-16-23-46(52)41-20-13-10-14-21-41/h9-28,31,33-36,39H,29-30,32H2,1-8H3. The minimum Gasteiger partial charge on any atom is -0.519 e. The van der Waals surface area contributed by atoms with Crippen molar-refractivity contribution < 1.29 is 27.5 Å². The topological polar surface area (TPSA) is 55.4 Å². The van der Waals surface area contributed by atoms with Crippen LogP contribution in [0, 0.1) is 13.8 Å². The molecule has 10 rings (SSSR count). The molecule has 3 aliphatic heterocycles. The van der Waals surface area contributed by atoms with Crippen LogP contribution >= 0.6 is 0 Å². The average molecular weight is 875 g/mol. The summed E-state index contributed by atoms with van der Waals surface area (Å²) in [6, 6.07) is 49.9. The molecule has 0 aromatic heterocycles. The van der Waals surface area contributed by atoms with Crippen molar-refractivity contribution >= 4 is 33.7 Å². The highest BCUT2D eigenvalue weighted by molar-refractivity contribution is 6.69. The van der Waals surface area contributed by atoms with Gasteiger partial charge < -0.3 is 27.5 Å². The summed E-state index contributed by atoms with van der Waals surface area (Å²) in [6.07, 6.45) is 1.48. The van der Waals surface area contributed by atoms with Crippen molar-refractivity contribution in [3.63, 3.8) is 0 Å². The quantitative estimate of drug-likeness (QED) is 0.114. The minimum absolute atomic E-state index is 0.159. The highest BCUT2D eigenvalue weighted by atomic mass is 28.4. The maximum absolute atomic E-state index is 7.23. The van der Waals surface area contributed by atoms with Crippen LogP contribution in [0.1, 0.15) is 91.3 Å². The molecule has 0 aliphatic carbocycles. The zero-order chi connectivity index (χ0) is 45.0. The van der Waals surface area contributed by atoms with Gasteiger partial charge in [0, 0.05) is 23.5 Å². The first-order valence-electron chi connectivity index (χ1n) is 23.2. The van der Waals surface area contributed by atoms with Crippen LogP contribution in [0.3, 0.4) is 0 Å². The highest BCUT2D eigenvalue weighted by Gasteiger charge is 2.45. The largest absolute Gasteiger partial charge is 0.634 e. The molecule has 2 atom stereocenters. The Morgan fingerprint density at radius 2 is 1.08 bits per heavy atom. The van der Waals surface area contributed by atoms with Gasteiger partial charge in [0.15, 0.2) is 0 Å². The molecule has 0 spiro atoms. The molecule has 9 heteroatoms. The Labute approximate surface area is 386 Å². The van der Waals surface area contributed by atoms with Crippen molar-refractivity contribution in [1.29, 1.82) is 0 Å². The van der Waals surface area contributed by atoms with E-state index in [1.54, 1.807) is 0 Å². The van der Waals surface area contributed by atoms with Crippen molar-refractivity contribution in [2.24, 2.45) is 0 Å². The second-order valence-corrected chi connectivity index (χ2v) is 22.1. The summed E-state index contributed by atoms with van der Waals surface area (Å²) in [5.74, 6) is 5.60. The molecule has 7 aromatic rings. The molecule has 0 saturated heterocycles. The molecule has 7 aromatic carbocycles. The molecule has 65 heavy (non-hydrogen) atoms. The van der Waals surface area contributed by atoms with Crippen LogP contribution in [-0.2, 0) is 12.8 Å². The fraction of sp³-hybridized carbons (Fsp3) is 0.250. The predicted octanol–water partition coefficient (Wildman–Crippen LogP) is 12.6. The Hall–Kier alpha value is -6.31. The lowest BCUT2D eigenvalue weighted by atomic mass is 9.67. The summed E-state index contributed by atoms with van der Waals surface area (Å²) in [6.45, 7) is 17.7. The van der Waals surface area contributed by atoms with E-state index in [4.69, 9.17) is 27.5 Å². The van der Waals surface area contributed by atoms with Gasteiger partial charge in [0.05, 0.1) is 0 Å². The smallest absolute Gasteiger partial charge is 0.519 e. The Bertz CT molecular complexity index is 2820. The van der Waals surface area contributed by atoms with Crippen molar-refractivity contribution in [2.75, 3.05) is 0 Å². The van der Waals surface area contributed by atoms with E-state index in [0.717, 1.165) is 109 Å². The van der Waals surface area contributed by atoms with E-state index in [1.807, 2.05) is 18.2 Å².